The molecule has 0 aliphatic heterocycles. The van der Waals surface area contributed by atoms with Crippen LogP contribution in [0.4, 0.5) is 0 Å². The molecule has 5 nitrogen and oxygen atoms in total. The first-order chi connectivity index (χ1) is 9.58. The molecule has 0 aliphatic rings. The van der Waals surface area contributed by atoms with Crippen LogP contribution in [-0.4, -0.2) is 14.4 Å². The van der Waals surface area contributed by atoms with E-state index in [2.05, 4.69) is 9.71 Å². The van der Waals surface area contributed by atoms with E-state index in [0.29, 0.717) is 6.54 Å². The van der Waals surface area contributed by atoms with Gasteiger partial charge in [-0.2, -0.15) is 0 Å². The van der Waals surface area contributed by atoms with Crippen molar-refractivity contribution < 1.29 is 8.42 Å². The fourth-order valence-corrected chi connectivity index (χ4v) is 2.56. The topological polar surface area (TPSA) is 84.5 Å². The molecule has 0 amide bonds. The lowest BCUT2D eigenvalue weighted by Gasteiger charge is -2.07. The van der Waals surface area contributed by atoms with Crippen LogP contribution in [0.25, 0.3) is 0 Å². The van der Waals surface area contributed by atoms with Gasteiger partial charge in [0.05, 0.1) is 11.4 Å². The third-order valence-corrected chi connectivity index (χ3v) is 3.94. The molecule has 0 fully saturated rings. The van der Waals surface area contributed by atoms with Gasteiger partial charge in [0.1, 0.15) is 0 Å². The second-order valence-electron chi connectivity index (χ2n) is 4.11. The number of nitrogens with zero attached hydrogens (tertiary/aromatic N) is 1. The molecule has 0 aliphatic carbocycles. The summed E-state index contributed by atoms with van der Waals surface area (Å²) < 4.78 is 26.2. The van der Waals surface area contributed by atoms with E-state index < -0.39 is 10.0 Å². The van der Waals surface area contributed by atoms with Crippen molar-refractivity contribution >= 4 is 16.0 Å². The molecule has 3 N–H and O–H groups in total. The molecule has 0 radical (unpaired) electrons. The Balaban J connectivity index is 2.06. The van der Waals surface area contributed by atoms with Crippen molar-refractivity contribution in [2.24, 2.45) is 10.7 Å². The SMILES string of the molecule is NC(=NCc1ccccc1)NS(=O)(=O)c1ccccc1. The molecule has 2 aromatic carbocycles. The Morgan fingerprint density at radius 1 is 1.00 bits per heavy atom. The molecule has 0 bridgehead atoms. The highest BCUT2D eigenvalue weighted by Crippen LogP contribution is 2.06. The van der Waals surface area contributed by atoms with E-state index in [0.717, 1.165) is 5.56 Å². The summed E-state index contributed by atoms with van der Waals surface area (Å²) in [5, 5.41) is 0. The lowest BCUT2D eigenvalue weighted by molar-refractivity contribution is 0.592. The number of rotatable bonds is 4. The lowest BCUT2D eigenvalue weighted by atomic mass is 10.2. The van der Waals surface area contributed by atoms with Crippen molar-refractivity contribution in [1.29, 1.82) is 0 Å². The van der Waals surface area contributed by atoms with E-state index in [1.54, 1.807) is 18.2 Å². The van der Waals surface area contributed by atoms with Gasteiger partial charge in [-0.05, 0) is 17.7 Å². The molecular formula is C14H15N3O2S. The summed E-state index contributed by atoms with van der Waals surface area (Å²) in [6, 6.07) is 17.5. The fourth-order valence-electron chi connectivity index (χ4n) is 1.59. The van der Waals surface area contributed by atoms with Crippen LogP contribution in [0.3, 0.4) is 0 Å². The standard InChI is InChI=1S/C14H15N3O2S/c15-14(16-11-12-7-3-1-4-8-12)17-20(18,19)13-9-5-2-6-10-13/h1-10H,11H2,(H3,15,16,17). The highest BCUT2D eigenvalue weighted by Gasteiger charge is 2.13. The first-order valence-electron chi connectivity index (χ1n) is 6.00. The minimum absolute atomic E-state index is 0.127. The average Bonchev–Trinajstić information content (AvgIpc) is 2.47. The van der Waals surface area contributed by atoms with E-state index in [-0.39, 0.29) is 10.9 Å². The minimum atomic E-state index is -3.67. The highest BCUT2D eigenvalue weighted by molar-refractivity contribution is 7.90. The van der Waals surface area contributed by atoms with E-state index in [9.17, 15) is 8.42 Å². The maximum Gasteiger partial charge on any atom is 0.264 e. The first-order valence-corrected chi connectivity index (χ1v) is 7.48. The Hall–Kier alpha value is -2.34. The Labute approximate surface area is 118 Å². The predicted octanol–water partition coefficient (Wildman–Crippen LogP) is 1.48. The quantitative estimate of drug-likeness (QED) is 0.660. The number of hydrogen-bond donors (Lipinski definition) is 2. The molecule has 0 saturated heterocycles. The van der Waals surface area contributed by atoms with Gasteiger partial charge in [0.15, 0.2) is 0 Å². The van der Waals surface area contributed by atoms with Crippen LogP contribution in [0.2, 0.25) is 0 Å². The maximum atomic E-state index is 12.0. The van der Waals surface area contributed by atoms with Crippen LogP contribution in [0, 0.1) is 0 Å². The Morgan fingerprint density at radius 3 is 2.15 bits per heavy atom. The van der Waals surface area contributed by atoms with Crippen molar-refractivity contribution in [3.8, 4) is 0 Å². The predicted molar refractivity (Wildman–Crippen MR) is 78.5 cm³/mol. The van der Waals surface area contributed by atoms with Gasteiger partial charge < -0.3 is 5.73 Å². The molecule has 0 saturated carbocycles. The van der Waals surface area contributed by atoms with Crippen molar-refractivity contribution in [2.75, 3.05) is 0 Å². The third kappa shape index (κ3) is 3.83. The monoisotopic (exact) mass is 289 g/mol. The van der Waals surface area contributed by atoms with Crippen molar-refractivity contribution in [2.45, 2.75) is 11.4 Å². The Morgan fingerprint density at radius 2 is 1.55 bits per heavy atom. The van der Waals surface area contributed by atoms with Crippen LogP contribution in [0.1, 0.15) is 5.56 Å². The minimum Gasteiger partial charge on any atom is -0.369 e. The molecule has 2 aromatic rings. The van der Waals surface area contributed by atoms with Gasteiger partial charge in [0.2, 0.25) is 5.96 Å². The van der Waals surface area contributed by atoms with E-state index in [4.69, 9.17) is 5.73 Å². The van der Waals surface area contributed by atoms with Crippen molar-refractivity contribution in [1.82, 2.24) is 4.72 Å². The van der Waals surface area contributed by atoms with Crippen LogP contribution in [0.5, 0.6) is 0 Å². The molecular weight excluding hydrogens is 274 g/mol. The third-order valence-electron chi connectivity index (χ3n) is 2.57. The summed E-state index contributed by atoms with van der Waals surface area (Å²) in [7, 11) is -3.67. The molecule has 0 aromatic heterocycles. The van der Waals surface area contributed by atoms with E-state index in [1.807, 2.05) is 30.3 Å². The Bertz CT molecular complexity index is 683. The van der Waals surface area contributed by atoms with Gasteiger partial charge in [-0.3, -0.25) is 0 Å². The summed E-state index contributed by atoms with van der Waals surface area (Å²) in [6.07, 6.45) is 0. The fraction of sp³-hybridized carbons (Fsp3) is 0.0714. The molecule has 0 heterocycles. The van der Waals surface area contributed by atoms with Crippen LogP contribution < -0.4 is 10.5 Å². The molecule has 2 rings (SSSR count). The summed E-state index contributed by atoms with van der Waals surface area (Å²) in [6.45, 7) is 0.323. The average molecular weight is 289 g/mol. The second-order valence-corrected chi connectivity index (χ2v) is 5.79. The van der Waals surface area contributed by atoms with Crippen LogP contribution in [0.15, 0.2) is 70.6 Å². The summed E-state index contributed by atoms with van der Waals surface area (Å²) in [5.74, 6) is -0.127. The molecule has 6 heteroatoms. The molecule has 0 spiro atoms. The van der Waals surface area contributed by atoms with Crippen LogP contribution in [-0.2, 0) is 16.6 Å². The largest absolute Gasteiger partial charge is 0.369 e. The number of nitrogens with one attached hydrogen (secondary N) is 1. The smallest absolute Gasteiger partial charge is 0.264 e. The van der Waals surface area contributed by atoms with E-state index >= 15 is 0 Å². The van der Waals surface area contributed by atoms with Gasteiger partial charge >= 0.3 is 0 Å². The van der Waals surface area contributed by atoms with Gasteiger partial charge in [0.25, 0.3) is 10.0 Å². The number of guanidine groups is 1. The highest BCUT2D eigenvalue weighted by atomic mass is 32.2. The molecule has 20 heavy (non-hydrogen) atoms. The summed E-state index contributed by atoms with van der Waals surface area (Å²) in [4.78, 5) is 4.16. The van der Waals surface area contributed by atoms with Gasteiger partial charge in [-0.15, -0.1) is 0 Å². The first kappa shape index (κ1) is 14.1. The molecule has 104 valence electrons. The second kappa shape index (κ2) is 6.21. The normalized spacial score (nSPS) is 12.1. The molecule has 0 atom stereocenters. The van der Waals surface area contributed by atoms with Crippen LogP contribution >= 0.6 is 0 Å². The number of aliphatic imine (C=N–C) groups is 1. The maximum absolute atomic E-state index is 12.0. The van der Waals surface area contributed by atoms with E-state index in [1.165, 1.54) is 12.1 Å². The number of benzene rings is 2. The Kier molecular flexibility index (Phi) is 4.37. The zero-order valence-corrected chi connectivity index (χ0v) is 11.5. The number of hydrogen-bond acceptors (Lipinski definition) is 3. The molecule has 0 unspecified atom stereocenters. The zero-order chi connectivity index (χ0) is 14.4. The summed E-state index contributed by atoms with van der Waals surface area (Å²) in [5.41, 5.74) is 6.56. The number of sulfonamides is 1. The van der Waals surface area contributed by atoms with Crippen molar-refractivity contribution in [3.05, 3.63) is 66.2 Å². The van der Waals surface area contributed by atoms with Crippen molar-refractivity contribution in [3.63, 3.8) is 0 Å². The van der Waals surface area contributed by atoms with Gasteiger partial charge in [-0.1, -0.05) is 48.5 Å². The lowest BCUT2D eigenvalue weighted by Crippen LogP contribution is -2.36. The van der Waals surface area contributed by atoms with Gasteiger partial charge in [0, 0.05) is 0 Å². The van der Waals surface area contributed by atoms with Gasteiger partial charge in [-0.25, -0.2) is 18.1 Å². The summed E-state index contributed by atoms with van der Waals surface area (Å²) >= 11 is 0. The number of nitrogens with two attached hydrogens (primary N) is 1. The zero-order valence-electron chi connectivity index (χ0n) is 10.7.